The van der Waals surface area contributed by atoms with E-state index >= 15 is 0 Å². The molecule has 7 heteroatoms. The van der Waals surface area contributed by atoms with Crippen molar-refractivity contribution in [2.24, 2.45) is 13.0 Å². The number of nitrogens with zero attached hydrogens (tertiary/aromatic N) is 5. The molecule has 2 amide bonds. The molecule has 30 heavy (non-hydrogen) atoms. The van der Waals surface area contributed by atoms with E-state index < -0.39 is 0 Å². The van der Waals surface area contributed by atoms with Gasteiger partial charge in [-0.05, 0) is 36.5 Å². The van der Waals surface area contributed by atoms with Crippen LogP contribution < -0.4 is 0 Å². The van der Waals surface area contributed by atoms with Crippen LogP contribution in [0.3, 0.4) is 0 Å². The van der Waals surface area contributed by atoms with Gasteiger partial charge in [-0.25, -0.2) is 9.97 Å². The lowest BCUT2D eigenvalue weighted by molar-refractivity contribution is -0.137. The summed E-state index contributed by atoms with van der Waals surface area (Å²) < 4.78 is 1.83. The third kappa shape index (κ3) is 3.34. The summed E-state index contributed by atoms with van der Waals surface area (Å²) in [7, 11) is 1.88. The number of rotatable bonds is 2. The molecule has 0 radical (unpaired) electrons. The Morgan fingerprint density at radius 3 is 2.57 bits per heavy atom. The Hall–Kier alpha value is -3.22. The molecule has 0 aliphatic carbocycles. The zero-order valence-electron chi connectivity index (χ0n) is 17.1. The highest BCUT2D eigenvalue weighted by atomic mass is 16.2. The largest absolute Gasteiger partial charge is 0.339 e. The van der Waals surface area contributed by atoms with E-state index in [0.29, 0.717) is 38.0 Å². The van der Waals surface area contributed by atoms with E-state index in [9.17, 15) is 9.59 Å². The number of fused-ring (bicyclic) bond motifs is 2. The second-order valence-electron chi connectivity index (χ2n) is 8.27. The zero-order chi connectivity index (χ0) is 20.7. The maximum atomic E-state index is 13.1. The van der Waals surface area contributed by atoms with Gasteiger partial charge in [0.05, 0.1) is 11.9 Å². The molecule has 7 nitrogen and oxygen atoms in total. The number of pyridine rings is 1. The summed E-state index contributed by atoms with van der Waals surface area (Å²) in [5, 5.41) is 0. The van der Waals surface area contributed by atoms with E-state index in [-0.39, 0.29) is 17.7 Å². The first kappa shape index (κ1) is 18.8. The smallest absolute Gasteiger partial charge is 0.255 e. The summed E-state index contributed by atoms with van der Waals surface area (Å²) >= 11 is 0. The minimum absolute atomic E-state index is 0.00397. The first-order valence-corrected chi connectivity index (χ1v) is 10.5. The quantitative estimate of drug-likeness (QED) is 0.659. The average Bonchev–Trinajstić information content (AvgIpc) is 3.18. The van der Waals surface area contributed by atoms with E-state index in [4.69, 9.17) is 0 Å². The van der Waals surface area contributed by atoms with Crippen LogP contribution in [0.2, 0.25) is 0 Å². The standard InChI is InChI=1S/C23H25N5O2/c1-26-15-25-20-12-19(13-24-21(20)26)23(30)27-9-7-17(8-10-27)22(29)28-11-6-16-4-2-3-5-18(16)14-28/h2-5,12-13,15,17H,6-11,14H2,1H3. The van der Waals surface area contributed by atoms with Gasteiger partial charge in [0.15, 0.2) is 5.65 Å². The summed E-state index contributed by atoms with van der Waals surface area (Å²) in [4.78, 5) is 38.5. The van der Waals surface area contributed by atoms with Gasteiger partial charge in [0.2, 0.25) is 5.91 Å². The predicted octanol–water partition coefficient (Wildman–Crippen LogP) is 2.41. The molecule has 0 saturated carbocycles. The van der Waals surface area contributed by atoms with Crippen molar-refractivity contribution in [2.75, 3.05) is 19.6 Å². The number of carbonyl (C=O) groups is 2. The van der Waals surface area contributed by atoms with E-state index in [1.807, 2.05) is 27.5 Å². The van der Waals surface area contributed by atoms with Crippen LogP contribution >= 0.6 is 0 Å². The third-order valence-corrected chi connectivity index (χ3v) is 6.37. The fourth-order valence-electron chi connectivity index (χ4n) is 4.59. The lowest BCUT2D eigenvalue weighted by Gasteiger charge is -2.36. The van der Waals surface area contributed by atoms with Crippen LogP contribution in [0.5, 0.6) is 0 Å². The summed E-state index contributed by atoms with van der Waals surface area (Å²) in [5.74, 6) is 0.191. The molecule has 4 heterocycles. The van der Waals surface area contributed by atoms with Gasteiger partial charge in [-0.15, -0.1) is 0 Å². The van der Waals surface area contributed by atoms with Crippen LogP contribution in [0.15, 0.2) is 42.9 Å². The van der Waals surface area contributed by atoms with Crippen LogP contribution in [0.4, 0.5) is 0 Å². The van der Waals surface area contributed by atoms with E-state index in [0.717, 1.165) is 24.1 Å². The summed E-state index contributed by atoms with van der Waals surface area (Å²) in [6.07, 6.45) is 5.66. The first-order chi connectivity index (χ1) is 14.6. The van der Waals surface area contributed by atoms with Crippen LogP contribution in [0, 0.1) is 5.92 Å². The summed E-state index contributed by atoms with van der Waals surface area (Å²) in [6.45, 7) is 2.68. The summed E-state index contributed by atoms with van der Waals surface area (Å²) in [6, 6.07) is 10.2. The Kier molecular flexibility index (Phi) is 4.73. The van der Waals surface area contributed by atoms with Gasteiger partial charge < -0.3 is 14.4 Å². The number of likely N-dealkylation sites (tertiary alicyclic amines) is 1. The topological polar surface area (TPSA) is 71.3 Å². The lowest BCUT2D eigenvalue weighted by atomic mass is 9.92. The number of carbonyl (C=O) groups excluding carboxylic acids is 2. The van der Waals surface area contributed by atoms with Crippen molar-refractivity contribution in [3.8, 4) is 0 Å². The fraction of sp³-hybridized carbons (Fsp3) is 0.391. The number of imidazole rings is 1. The molecule has 0 atom stereocenters. The lowest BCUT2D eigenvalue weighted by Crippen LogP contribution is -2.45. The summed E-state index contributed by atoms with van der Waals surface area (Å²) in [5.41, 5.74) is 4.64. The molecule has 0 bridgehead atoms. The van der Waals surface area contributed by atoms with Gasteiger partial charge in [-0.1, -0.05) is 24.3 Å². The Morgan fingerprint density at radius 2 is 1.77 bits per heavy atom. The molecule has 1 fully saturated rings. The molecule has 0 spiro atoms. The second kappa shape index (κ2) is 7.55. The zero-order valence-corrected chi connectivity index (χ0v) is 17.1. The van der Waals surface area contributed by atoms with Gasteiger partial charge >= 0.3 is 0 Å². The highest BCUT2D eigenvalue weighted by Crippen LogP contribution is 2.25. The Morgan fingerprint density at radius 1 is 1.00 bits per heavy atom. The van der Waals surface area contributed by atoms with Crippen molar-refractivity contribution >= 4 is 23.0 Å². The average molecular weight is 403 g/mol. The molecule has 2 aliphatic rings. The number of aromatic nitrogens is 3. The molecular formula is C23H25N5O2. The van der Waals surface area contributed by atoms with Crippen LogP contribution in [-0.4, -0.2) is 55.8 Å². The Bertz CT molecular complexity index is 1110. The number of amides is 2. The van der Waals surface area contributed by atoms with Gasteiger partial charge in [-0.3, -0.25) is 9.59 Å². The molecule has 1 aromatic carbocycles. The molecule has 3 aromatic rings. The van der Waals surface area contributed by atoms with Gasteiger partial charge in [-0.2, -0.15) is 0 Å². The van der Waals surface area contributed by atoms with Crippen molar-refractivity contribution in [2.45, 2.75) is 25.8 Å². The van der Waals surface area contributed by atoms with Crippen LogP contribution in [0.25, 0.3) is 11.2 Å². The number of benzene rings is 1. The minimum atomic E-state index is -0.0344. The number of hydrogen-bond acceptors (Lipinski definition) is 4. The van der Waals surface area contributed by atoms with Gasteiger partial charge in [0, 0.05) is 45.3 Å². The monoisotopic (exact) mass is 403 g/mol. The number of aryl methyl sites for hydroxylation is 1. The van der Waals surface area contributed by atoms with Gasteiger partial charge in [0.25, 0.3) is 5.91 Å². The normalized spacial score (nSPS) is 17.2. The molecule has 0 unspecified atom stereocenters. The molecule has 1 saturated heterocycles. The molecule has 2 aliphatic heterocycles. The maximum absolute atomic E-state index is 13.1. The molecule has 154 valence electrons. The van der Waals surface area contributed by atoms with E-state index in [1.165, 1.54) is 11.1 Å². The van der Waals surface area contributed by atoms with Crippen molar-refractivity contribution in [1.29, 1.82) is 0 Å². The van der Waals surface area contributed by atoms with Gasteiger partial charge in [0.1, 0.15) is 5.52 Å². The third-order valence-electron chi connectivity index (χ3n) is 6.37. The Balaban J connectivity index is 1.21. The molecular weight excluding hydrogens is 378 g/mol. The van der Waals surface area contributed by atoms with Crippen molar-refractivity contribution in [3.05, 3.63) is 59.5 Å². The van der Waals surface area contributed by atoms with Crippen molar-refractivity contribution in [1.82, 2.24) is 24.3 Å². The predicted molar refractivity (Wildman–Crippen MR) is 113 cm³/mol. The van der Waals surface area contributed by atoms with Crippen LogP contribution in [-0.2, 0) is 24.8 Å². The van der Waals surface area contributed by atoms with E-state index in [1.54, 1.807) is 18.6 Å². The minimum Gasteiger partial charge on any atom is -0.339 e. The van der Waals surface area contributed by atoms with Crippen molar-refractivity contribution in [3.63, 3.8) is 0 Å². The first-order valence-electron chi connectivity index (χ1n) is 10.5. The van der Waals surface area contributed by atoms with Crippen molar-refractivity contribution < 1.29 is 9.59 Å². The highest BCUT2D eigenvalue weighted by Gasteiger charge is 2.32. The Labute approximate surface area is 175 Å². The van der Waals surface area contributed by atoms with E-state index in [2.05, 4.69) is 28.2 Å². The second-order valence-corrected chi connectivity index (χ2v) is 8.27. The molecule has 5 rings (SSSR count). The SMILES string of the molecule is Cn1cnc2cc(C(=O)N3CCC(C(=O)N4CCc5ccccc5C4)CC3)cnc21. The molecule has 2 aromatic heterocycles. The number of hydrogen-bond donors (Lipinski definition) is 0. The number of piperidine rings is 1. The maximum Gasteiger partial charge on any atom is 0.255 e. The van der Waals surface area contributed by atoms with Crippen LogP contribution in [0.1, 0.15) is 34.3 Å². The highest BCUT2D eigenvalue weighted by molar-refractivity contribution is 5.96. The fourth-order valence-corrected chi connectivity index (χ4v) is 4.59. The molecule has 0 N–H and O–H groups in total.